The lowest BCUT2D eigenvalue weighted by Crippen LogP contribution is -2.31. The van der Waals surface area contributed by atoms with E-state index in [4.69, 9.17) is 4.74 Å². The second kappa shape index (κ2) is 5.10. The largest absolute Gasteiger partial charge is 0.456 e. The third kappa shape index (κ3) is 3.32. The van der Waals surface area contributed by atoms with Gasteiger partial charge in [0.2, 0.25) is 0 Å². The molecule has 0 radical (unpaired) electrons. The molecule has 100 valence electrons. The number of carbonyl (C=O) groups excluding carboxylic acids is 1. The Morgan fingerprint density at radius 3 is 2.94 bits per heavy atom. The van der Waals surface area contributed by atoms with E-state index >= 15 is 0 Å². The van der Waals surface area contributed by atoms with Crippen molar-refractivity contribution in [1.82, 2.24) is 15.1 Å². The summed E-state index contributed by atoms with van der Waals surface area (Å²) in [6.07, 6.45) is 5.61. The maximum atomic E-state index is 11.9. The van der Waals surface area contributed by atoms with Crippen LogP contribution in [0, 0.1) is 0 Å². The first kappa shape index (κ1) is 13.1. The summed E-state index contributed by atoms with van der Waals surface area (Å²) < 4.78 is 7.18. The third-order valence-corrected chi connectivity index (χ3v) is 2.88. The van der Waals surface area contributed by atoms with E-state index in [0.717, 1.165) is 25.9 Å². The Kier molecular flexibility index (Phi) is 3.71. The van der Waals surface area contributed by atoms with Crippen LogP contribution in [0.4, 0.5) is 0 Å². The van der Waals surface area contributed by atoms with Crippen molar-refractivity contribution in [2.45, 2.75) is 45.3 Å². The number of aromatic nitrogens is 2. The van der Waals surface area contributed by atoms with Crippen LogP contribution in [0.2, 0.25) is 0 Å². The van der Waals surface area contributed by atoms with Crippen LogP contribution >= 0.6 is 0 Å². The number of rotatable bonds is 2. The van der Waals surface area contributed by atoms with E-state index in [0.29, 0.717) is 11.6 Å². The summed E-state index contributed by atoms with van der Waals surface area (Å²) >= 11 is 0. The van der Waals surface area contributed by atoms with Gasteiger partial charge in [-0.15, -0.1) is 0 Å². The zero-order valence-electron chi connectivity index (χ0n) is 11.3. The lowest BCUT2D eigenvalue weighted by atomic mass is 10.1. The van der Waals surface area contributed by atoms with Crippen molar-refractivity contribution in [2.24, 2.45) is 0 Å². The van der Waals surface area contributed by atoms with Gasteiger partial charge in [0.1, 0.15) is 5.60 Å². The minimum absolute atomic E-state index is 0.308. The molecule has 0 amide bonds. The van der Waals surface area contributed by atoms with Crippen LogP contribution in [0.1, 0.15) is 50.0 Å². The van der Waals surface area contributed by atoms with Crippen molar-refractivity contribution in [2.75, 3.05) is 13.1 Å². The van der Waals surface area contributed by atoms with E-state index in [2.05, 4.69) is 10.4 Å². The Balaban J connectivity index is 2.03. The van der Waals surface area contributed by atoms with Gasteiger partial charge in [0.25, 0.3) is 0 Å². The van der Waals surface area contributed by atoms with Crippen LogP contribution in [0.25, 0.3) is 0 Å². The lowest BCUT2D eigenvalue weighted by Gasteiger charge is -2.23. The minimum Gasteiger partial charge on any atom is -0.456 e. The standard InChI is InChI=1S/C13H21N3O2/c1-13(2,3)18-12(17)10-7-15-16(9-10)11-5-4-6-14-8-11/h7,9,11,14H,4-6,8H2,1-3H3/t11-/m1/s1. The summed E-state index contributed by atoms with van der Waals surface area (Å²) in [5.41, 5.74) is 0.0569. The van der Waals surface area contributed by atoms with Gasteiger partial charge in [0, 0.05) is 12.7 Å². The van der Waals surface area contributed by atoms with Gasteiger partial charge < -0.3 is 10.1 Å². The fourth-order valence-electron chi connectivity index (χ4n) is 2.04. The van der Waals surface area contributed by atoms with Crippen molar-refractivity contribution in [3.63, 3.8) is 0 Å². The Morgan fingerprint density at radius 2 is 2.33 bits per heavy atom. The van der Waals surface area contributed by atoms with Crippen LogP contribution in [0.15, 0.2) is 12.4 Å². The van der Waals surface area contributed by atoms with Crippen LogP contribution < -0.4 is 5.32 Å². The molecule has 0 aromatic carbocycles. The number of hydrogen-bond donors (Lipinski definition) is 1. The molecule has 1 aliphatic heterocycles. The van der Waals surface area contributed by atoms with Crippen molar-refractivity contribution in [1.29, 1.82) is 0 Å². The molecule has 0 spiro atoms. The number of nitrogens with zero attached hydrogens (tertiary/aromatic N) is 2. The molecule has 0 aliphatic carbocycles. The molecule has 2 rings (SSSR count). The predicted octanol–water partition coefficient (Wildman–Crippen LogP) is 1.76. The molecule has 0 unspecified atom stereocenters. The molecular formula is C13H21N3O2. The summed E-state index contributed by atoms with van der Waals surface area (Å²) in [4.78, 5) is 11.9. The van der Waals surface area contributed by atoms with Crippen molar-refractivity contribution in [3.05, 3.63) is 18.0 Å². The molecular weight excluding hydrogens is 230 g/mol. The average Bonchev–Trinajstić information content (AvgIpc) is 2.77. The normalized spacial score (nSPS) is 20.7. The topological polar surface area (TPSA) is 56.1 Å². The van der Waals surface area contributed by atoms with E-state index < -0.39 is 5.60 Å². The highest BCUT2D eigenvalue weighted by atomic mass is 16.6. The number of esters is 1. The first-order chi connectivity index (χ1) is 8.46. The van der Waals surface area contributed by atoms with E-state index in [-0.39, 0.29) is 5.97 Å². The van der Waals surface area contributed by atoms with Crippen LogP contribution in [0.5, 0.6) is 0 Å². The summed E-state index contributed by atoms with van der Waals surface area (Å²) in [5, 5.41) is 7.60. The fraction of sp³-hybridized carbons (Fsp3) is 0.692. The van der Waals surface area contributed by atoms with Gasteiger partial charge in [-0.05, 0) is 40.2 Å². The minimum atomic E-state index is -0.467. The second-order valence-corrected chi connectivity index (χ2v) is 5.71. The van der Waals surface area contributed by atoms with Gasteiger partial charge >= 0.3 is 5.97 Å². The molecule has 1 atom stereocenters. The van der Waals surface area contributed by atoms with E-state index in [1.54, 1.807) is 12.4 Å². The van der Waals surface area contributed by atoms with Gasteiger partial charge in [-0.2, -0.15) is 5.10 Å². The van der Waals surface area contributed by atoms with Crippen molar-refractivity contribution in [3.8, 4) is 0 Å². The molecule has 2 heterocycles. The Hall–Kier alpha value is -1.36. The molecule has 18 heavy (non-hydrogen) atoms. The number of carbonyl (C=O) groups is 1. The highest BCUT2D eigenvalue weighted by Gasteiger charge is 2.21. The van der Waals surface area contributed by atoms with Gasteiger partial charge in [-0.3, -0.25) is 4.68 Å². The average molecular weight is 251 g/mol. The zero-order chi connectivity index (χ0) is 13.2. The molecule has 0 saturated carbocycles. The number of piperidine rings is 1. The third-order valence-electron chi connectivity index (χ3n) is 2.88. The van der Waals surface area contributed by atoms with E-state index in [1.807, 2.05) is 25.5 Å². The number of hydrogen-bond acceptors (Lipinski definition) is 4. The van der Waals surface area contributed by atoms with E-state index in [1.165, 1.54) is 0 Å². The molecule has 1 saturated heterocycles. The SMILES string of the molecule is CC(C)(C)OC(=O)c1cnn([C@@H]2CCCNC2)c1. The molecule has 5 nitrogen and oxygen atoms in total. The maximum Gasteiger partial charge on any atom is 0.341 e. The lowest BCUT2D eigenvalue weighted by molar-refractivity contribution is 0.00694. The van der Waals surface area contributed by atoms with Crippen LogP contribution in [-0.4, -0.2) is 34.4 Å². The van der Waals surface area contributed by atoms with Crippen molar-refractivity contribution >= 4 is 5.97 Å². The first-order valence-electron chi connectivity index (χ1n) is 6.44. The van der Waals surface area contributed by atoms with Gasteiger partial charge in [0.05, 0.1) is 17.8 Å². The molecule has 0 bridgehead atoms. The van der Waals surface area contributed by atoms with Gasteiger partial charge in [0.15, 0.2) is 0 Å². The molecule has 5 heteroatoms. The van der Waals surface area contributed by atoms with E-state index in [9.17, 15) is 4.79 Å². The predicted molar refractivity (Wildman–Crippen MR) is 68.5 cm³/mol. The molecule has 1 fully saturated rings. The highest BCUT2D eigenvalue weighted by molar-refractivity contribution is 5.89. The molecule has 1 aliphatic rings. The second-order valence-electron chi connectivity index (χ2n) is 5.71. The zero-order valence-corrected chi connectivity index (χ0v) is 11.3. The molecule has 1 aromatic heterocycles. The van der Waals surface area contributed by atoms with Crippen LogP contribution in [0.3, 0.4) is 0 Å². The van der Waals surface area contributed by atoms with Crippen molar-refractivity contribution < 1.29 is 9.53 Å². The molecule has 1 N–H and O–H groups in total. The maximum absolute atomic E-state index is 11.9. The Labute approximate surface area is 108 Å². The Morgan fingerprint density at radius 1 is 1.56 bits per heavy atom. The smallest absolute Gasteiger partial charge is 0.341 e. The van der Waals surface area contributed by atoms with Gasteiger partial charge in [-0.25, -0.2) is 4.79 Å². The highest BCUT2D eigenvalue weighted by Crippen LogP contribution is 2.17. The Bertz CT molecular complexity index is 414. The number of nitrogens with one attached hydrogen (secondary N) is 1. The summed E-state index contributed by atoms with van der Waals surface area (Å²) in [6, 6.07) is 0.343. The summed E-state index contributed by atoms with van der Waals surface area (Å²) in [6.45, 7) is 7.56. The molecule has 1 aromatic rings. The summed E-state index contributed by atoms with van der Waals surface area (Å²) in [5.74, 6) is -0.308. The number of ether oxygens (including phenoxy) is 1. The quantitative estimate of drug-likeness (QED) is 0.814. The fourth-order valence-corrected chi connectivity index (χ4v) is 2.04. The summed E-state index contributed by atoms with van der Waals surface area (Å²) in [7, 11) is 0. The van der Waals surface area contributed by atoms with Crippen LogP contribution in [-0.2, 0) is 4.74 Å². The monoisotopic (exact) mass is 251 g/mol. The first-order valence-corrected chi connectivity index (χ1v) is 6.44. The van der Waals surface area contributed by atoms with Gasteiger partial charge in [-0.1, -0.05) is 0 Å².